The van der Waals surface area contributed by atoms with Crippen molar-refractivity contribution < 1.29 is 14.3 Å². The van der Waals surface area contributed by atoms with Crippen LogP contribution in [0.25, 0.3) is 0 Å². The predicted octanol–water partition coefficient (Wildman–Crippen LogP) is 3.72. The van der Waals surface area contributed by atoms with E-state index in [-0.39, 0.29) is 5.91 Å². The fraction of sp³-hybridized carbons (Fsp3) is 0.414. The molecule has 0 atom stereocenters. The molecule has 40 heavy (non-hydrogen) atoms. The molecule has 1 saturated heterocycles. The Hall–Kier alpha value is -3.44. The fourth-order valence-electron chi connectivity index (χ4n) is 5.09. The molecule has 212 valence electrons. The molecule has 3 aromatic rings. The SMILES string of the molecule is CNC(=O)c1ccccc1Nc1nc(Nc2cc3c(cc2OC)CCN(CCN2CCOCC2)CC3)ncc1Cl. The smallest absolute Gasteiger partial charge is 0.253 e. The van der Waals surface area contributed by atoms with Crippen LogP contribution in [-0.4, -0.2) is 92.3 Å². The maximum Gasteiger partial charge on any atom is 0.253 e. The number of anilines is 4. The molecule has 2 aromatic carbocycles. The van der Waals surface area contributed by atoms with E-state index in [0.29, 0.717) is 28.0 Å². The second kappa shape index (κ2) is 13.3. The van der Waals surface area contributed by atoms with Crippen LogP contribution in [0.15, 0.2) is 42.6 Å². The summed E-state index contributed by atoms with van der Waals surface area (Å²) in [6, 6.07) is 11.4. The second-order valence-electron chi connectivity index (χ2n) is 9.88. The van der Waals surface area contributed by atoms with E-state index in [1.54, 1.807) is 32.4 Å². The number of halogens is 1. The van der Waals surface area contributed by atoms with Gasteiger partial charge in [0.05, 0.1) is 43.5 Å². The molecule has 0 spiro atoms. The number of fused-ring (bicyclic) bond motifs is 1. The van der Waals surface area contributed by atoms with Gasteiger partial charge in [0.25, 0.3) is 5.91 Å². The van der Waals surface area contributed by atoms with E-state index in [0.717, 1.165) is 76.8 Å². The lowest BCUT2D eigenvalue weighted by Crippen LogP contribution is -2.42. The van der Waals surface area contributed by atoms with E-state index in [4.69, 9.17) is 21.1 Å². The van der Waals surface area contributed by atoms with Crippen molar-refractivity contribution in [3.05, 3.63) is 64.3 Å². The number of ether oxygens (including phenoxy) is 2. The van der Waals surface area contributed by atoms with Gasteiger partial charge in [0.15, 0.2) is 5.82 Å². The van der Waals surface area contributed by atoms with Gasteiger partial charge in [0.1, 0.15) is 10.8 Å². The highest BCUT2D eigenvalue weighted by molar-refractivity contribution is 6.33. The van der Waals surface area contributed by atoms with E-state index in [1.807, 2.05) is 6.07 Å². The summed E-state index contributed by atoms with van der Waals surface area (Å²) in [6.07, 6.45) is 3.47. The number of morpholine rings is 1. The number of hydrogen-bond acceptors (Lipinski definition) is 9. The number of amides is 1. The quantitative estimate of drug-likeness (QED) is 0.358. The molecular formula is C29H36ClN7O3. The topological polar surface area (TPSA) is 104 Å². The molecule has 0 aliphatic carbocycles. The highest BCUT2D eigenvalue weighted by Gasteiger charge is 2.19. The van der Waals surface area contributed by atoms with E-state index in [9.17, 15) is 4.79 Å². The van der Waals surface area contributed by atoms with Crippen LogP contribution < -0.4 is 20.7 Å². The van der Waals surface area contributed by atoms with Crippen LogP contribution in [0.2, 0.25) is 5.02 Å². The number of hydrogen-bond donors (Lipinski definition) is 3. The highest BCUT2D eigenvalue weighted by atomic mass is 35.5. The van der Waals surface area contributed by atoms with E-state index in [1.165, 1.54) is 17.3 Å². The van der Waals surface area contributed by atoms with Crippen molar-refractivity contribution in [3.8, 4) is 5.75 Å². The van der Waals surface area contributed by atoms with Gasteiger partial charge in [-0.15, -0.1) is 0 Å². The summed E-state index contributed by atoms with van der Waals surface area (Å²) in [6.45, 7) is 7.88. The average molecular weight is 566 g/mol. The van der Waals surface area contributed by atoms with Crippen LogP contribution in [-0.2, 0) is 17.6 Å². The van der Waals surface area contributed by atoms with E-state index < -0.39 is 0 Å². The van der Waals surface area contributed by atoms with Gasteiger partial charge in [0.2, 0.25) is 5.95 Å². The molecule has 0 unspecified atom stereocenters. The molecule has 1 aromatic heterocycles. The van der Waals surface area contributed by atoms with Crippen LogP contribution >= 0.6 is 11.6 Å². The standard InChI is InChI=1S/C29H36ClN7O3/c1-31-28(38)22-5-3-4-6-24(22)33-27-23(30)19-32-29(35-27)34-25-17-20-7-9-36(10-8-21(20)18-26(25)39-2)11-12-37-13-15-40-16-14-37/h3-6,17-19H,7-16H2,1-2H3,(H,31,38)(H2,32,33,34,35). The van der Waals surface area contributed by atoms with Crippen molar-refractivity contribution in [2.24, 2.45) is 0 Å². The van der Waals surface area contributed by atoms with Crippen LogP contribution in [0.3, 0.4) is 0 Å². The van der Waals surface area contributed by atoms with Gasteiger partial charge in [-0.05, 0) is 48.2 Å². The van der Waals surface area contributed by atoms with Crippen molar-refractivity contribution in [1.29, 1.82) is 0 Å². The number of aromatic nitrogens is 2. The number of nitrogens with one attached hydrogen (secondary N) is 3. The minimum Gasteiger partial charge on any atom is -0.495 e. The molecule has 0 saturated carbocycles. The average Bonchev–Trinajstić information content (AvgIpc) is 3.19. The van der Waals surface area contributed by atoms with Gasteiger partial charge in [-0.3, -0.25) is 9.69 Å². The Balaban J connectivity index is 1.30. The monoisotopic (exact) mass is 565 g/mol. The summed E-state index contributed by atoms with van der Waals surface area (Å²) in [5.41, 5.74) is 4.47. The normalized spacial score (nSPS) is 16.1. The van der Waals surface area contributed by atoms with Gasteiger partial charge in [-0.1, -0.05) is 23.7 Å². The summed E-state index contributed by atoms with van der Waals surface area (Å²) in [4.78, 5) is 26.3. The molecule has 3 N–H and O–H groups in total. The Labute approximate surface area is 240 Å². The van der Waals surface area contributed by atoms with Crippen LogP contribution in [0.5, 0.6) is 5.75 Å². The van der Waals surface area contributed by atoms with Crippen LogP contribution in [0.4, 0.5) is 23.1 Å². The molecule has 0 bridgehead atoms. The third-order valence-electron chi connectivity index (χ3n) is 7.40. The molecule has 2 aliphatic heterocycles. The van der Waals surface area contributed by atoms with Crippen molar-refractivity contribution in [2.45, 2.75) is 12.8 Å². The number of nitrogens with zero attached hydrogens (tertiary/aromatic N) is 4. The molecular weight excluding hydrogens is 530 g/mol. The van der Waals surface area contributed by atoms with Crippen molar-refractivity contribution in [2.75, 3.05) is 77.3 Å². The zero-order valence-electron chi connectivity index (χ0n) is 23.0. The Morgan fingerprint density at radius 1 is 1.00 bits per heavy atom. The number of carbonyl (C=O) groups is 1. The largest absolute Gasteiger partial charge is 0.495 e. The first-order valence-electron chi connectivity index (χ1n) is 13.6. The van der Waals surface area contributed by atoms with Gasteiger partial charge in [0, 0.05) is 46.3 Å². The first-order chi connectivity index (χ1) is 19.5. The van der Waals surface area contributed by atoms with Gasteiger partial charge >= 0.3 is 0 Å². The third kappa shape index (κ3) is 6.82. The molecule has 1 amide bonds. The lowest BCUT2D eigenvalue weighted by Gasteiger charge is -2.29. The summed E-state index contributed by atoms with van der Waals surface area (Å²) >= 11 is 6.42. The molecule has 3 heterocycles. The Kier molecular flexibility index (Phi) is 9.33. The number of carbonyl (C=O) groups excluding carboxylic acids is 1. The number of methoxy groups -OCH3 is 1. The fourth-order valence-corrected chi connectivity index (χ4v) is 5.23. The van der Waals surface area contributed by atoms with Crippen molar-refractivity contribution in [3.63, 3.8) is 0 Å². The summed E-state index contributed by atoms with van der Waals surface area (Å²) in [5.74, 6) is 1.28. The maximum absolute atomic E-state index is 12.3. The number of benzene rings is 2. The molecule has 0 radical (unpaired) electrons. The minimum absolute atomic E-state index is 0.207. The Morgan fingerprint density at radius 3 is 2.42 bits per heavy atom. The molecule has 2 aliphatic rings. The maximum atomic E-state index is 12.3. The summed E-state index contributed by atoms with van der Waals surface area (Å²) in [7, 11) is 3.26. The van der Waals surface area contributed by atoms with Crippen LogP contribution in [0, 0.1) is 0 Å². The Bertz CT molecular complexity index is 1330. The van der Waals surface area contributed by atoms with Crippen molar-refractivity contribution >= 4 is 40.6 Å². The molecule has 1 fully saturated rings. The number of rotatable bonds is 9. The van der Waals surface area contributed by atoms with Gasteiger partial charge in [-0.2, -0.15) is 4.98 Å². The van der Waals surface area contributed by atoms with E-state index >= 15 is 0 Å². The lowest BCUT2D eigenvalue weighted by molar-refractivity contribution is 0.0335. The lowest BCUT2D eigenvalue weighted by atomic mass is 10.0. The summed E-state index contributed by atoms with van der Waals surface area (Å²) in [5, 5.41) is 9.48. The molecule has 11 heteroatoms. The first kappa shape index (κ1) is 28.1. The minimum atomic E-state index is -0.207. The Morgan fingerprint density at radius 2 is 1.70 bits per heavy atom. The van der Waals surface area contributed by atoms with E-state index in [2.05, 4.69) is 47.9 Å². The van der Waals surface area contributed by atoms with Gasteiger partial charge < -0.3 is 30.3 Å². The van der Waals surface area contributed by atoms with Crippen LogP contribution in [0.1, 0.15) is 21.5 Å². The second-order valence-corrected chi connectivity index (χ2v) is 10.3. The zero-order valence-corrected chi connectivity index (χ0v) is 23.8. The highest BCUT2D eigenvalue weighted by Crippen LogP contribution is 2.33. The van der Waals surface area contributed by atoms with Crippen molar-refractivity contribution in [1.82, 2.24) is 25.1 Å². The first-order valence-corrected chi connectivity index (χ1v) is 14.0. The van der Waals surface area contributed by atoms with Gasteiger partial charge in [-0.25, -0.2) is 4.98 Å². The zero-order chi connectivity index (χ0) is 27.9. The number of para-hydroxylation sites is 1. The molecule has 5 rings (SSSR count). The summed E-state index contributed by atoms with van der Waals surface area (Å²) < 4.78 is 11.2. The predicted molar refractivity (Wildman–Crippen MR) is 158 cm³/mol. The third-order valence-corrected chi connectivity index (χ3v) is 7.67. The molecule has 10 nitrogen and oxygen atoms in total.